The molecular formula is C15H15ClN2O4S2. The summed E-state index contributed by atoms with van der Waals surface area (Å²) in [6, 6.07) is 5.32. The van der Waals surface area contributed by atoms with Crippen LogP contribution in [0.15, 0.2) is 23.6 Å². The van der Waals surface area contributed by atoms with Crippen molar-refractivity contribution < 1.29 is 17.9 Å². The molecule has 0 spiro atoms. The van der Waals surface area contributed by atoms with E-state index in [4.69, 9.17) is 16.3 Å². The molecule has 1 amide bonds. The molecule has 2 aromatic rings. The maximum Gasteiger partial charge on any atom is 0.230 e. The van der Waals surface area contributed by atoms with Crippen LogP contribution in [0, 0.1) is 5.92 Å². The van der Waals surface area contributed by atoms with Gasteiger partial charge in [-0.2, -0.15) is 0 Å². The van der Waals surface area contributed by atoms with Gasteiger partial charge in [0.15, 0.2) is 15.0 Å². The van der Waals surface area contributed by atoms with E-state index in [9.17, 15) is 13.2 Å². The molecule has 0 radical (unpaired) electrons. The molecule has 0 saturated carbocycles. The lowest BCUT2D eigenvalue weighted by Gasteiger charge is -2.06. The third-order valence-electron chi connectivity index (χ3n) is 3.79. The first-order valence-corrected chi connectivity index (χ1v) is 10.3. The van der Waals surface area contributed by atoms with Gasteiger partial charge in [0.25, 0.3) is 0 Å². The molecule has 0 bridgehead atoms. The first-order valence-electron chi connectivity index (χ1n) is 7.19. The number of halogens is 1. The number of nitrogens with one attached hydrogen (secondary N) is 1. The molecule has 1 saturated heterocycles. The molecule has 0 aliphatic carbocycles. The Balaban J connectivity index is 1.72. The fourth-order valence-electron chi connectivity index (χ4n) is 2.50. The Morgan fingerprint density at radius 3 is 2.88 bits per heavy atom. The Morgan fingerprint density at radius 1 is 1.46 bits per heavy atom. The Morgan fingerprint density at radius 2 is 2.25 bits per heavy atom. The van der Waals surface area contributed by atoms with Crippen molar-refractivity contribution in [2.75, 3.05) is 23.9 Å². The quantitative estimate of drug-likeness (QED) is 0.873. The second kappa shape index (κ2) is 6.70. The van der Waals surface area contributed by atoms with Crippen LogP contribution in [0.3, 0.4) is 0 Å². The van der Waals surface area contributed by atoms with E-state index in [1.165, 1.54) is 11.3 Å². The van der Waals surface area contributed by atoms with Crippen LogP contribution in [0.4, 0.5) is 5.13 Å². The summed E-state index contributed by atoms with van der Waals surface area (Å²) < 4.78 is 28.0. The number of hydrogen-bond donors (Lipinski definition) is 1. The monoisotopic (exact) mass is 386 g/mol. The van der Waals surface area contributed by atoms with Gasteiger partial charge in [0.1, 0.15) is 5.75 Å². The number of sulfone groups is 1. The van der Waals surface area contributed by atoms with Gasteiger partial charge in [-0.05, 0) is 24.6 Å². The third-order valence-corrected chi connectivity index (χ3v) is 6.61. The number of thiazole rings is 1. The van der Waals surface area contributed by atoms with E-state index >= 15 is 0 Å². The van der Waals surface area contributed by atoms with E-state index in [0.29, 0.717) is 28.0 Å². The van der Waals surface area contributed by atoms with Crippen molar-refractivity contribution >= 4 is 43.8 Å². The molecule has 128 valence electrons. The Kier molecular flexibility index (Phi) is 4.80. The highest BCUT2D eigenvalue weighted by molar-refractivity contribution is 7.91. The number of amides is 1. The third kappa shape index (κ3) is 3.71. The first kappa shape index (κ1) is 17.2. The summed E-state index contributed by atoms with van der Waals surface area (Å²) in [4.78, 5) is 16.5. The zero-order valence-electron chi connectivity index (χ0n) is 12.8. The number of ether oxygens (including phenoxy) is 1. The van der Waals surface area contributed by atoms with E-state index in [1.807, 2.05) is 6.07 Å². The zero-order valence-corrected chi connectivity index (χ0v) is 15.2. The second-order valence-electron chi connectivity index (χ2n) is 5.48. The van der Waals surface area contributed by atoms with Gasteiger partial charge in [-0.15, -0.1) is 11.3 Å². The van der Waals surface area contributed by atoms with Crippen LogP contribution in [0.2, 0.25) is 5.02 Å². The summed E-state index contributed by atoms with van der Waals surface area (Å²) in [6.45, 7) is 0. The van der Waals surface area contributed by atoms with E-state index in [2.05, 4.69) is 10.3 Å². The summed E-state index contributed by atoms with van der Waals surface area (Å²) in [5.74, 6) is -0.252. The highest BCUT2D eigenvalue weighted by Gasteiger charge is 2.33. The maximum atomic E-state index is 12.1. The molecule has 1 unspecified atom stereocenters. The fourth-order valence-corrected chi connectivity index (χ4v) is 5.22. The Labute approximate surface area is 148 Å². The molecule has 3 rings (SSSR count). The van der Waals surface area contributed by atoms with Crippen molar-refractivity contribution in [3.8, 4) is 17.0 Å². The molecule has 1 aliphatic heterocycles. The van der Waals surface area contributed by atoms with Gasteiger partial charge in [0, 0.05) is 10.9 Å². The Bertz CT molecular complexity index is 879. The molecule has 1 aromatic heterocycles. The van der Waals surface area contributed by atoms with Crippen LogP contribution < -0.4 is 10.1 Å². The van der Waals surface area contributed by atoms with Crippen molar-refractivity contribution in [1.82, 2.24) is 4.98 Å². The van der Waals surface area contributed by atoms with Gasteiger partial charge >= 0.3 is 0 Å². The number of anilines is 1. The maximum absolute atomic E-state index is 12.1. The standard InChI is InChI=1S/C15H15ClN2O4S2/c1-22-13-3-2-9(6-11(13)16)12-7-23-15(17-12)18-14(19)10-4-5-24(20,21)8-10/h2-3,6-7,10H,4-5,8H2,1H3,(H,17,18,19). The summed E-state index contributed by atoms with van der Waals surface area (Å²) >= 11 is 7.39. The topological polar surface area (TPSA) is 85.4 Å². The highest BCUT2D eigenvalue weighted by atomic mass is 35.5. The predicted molar refractivity (Wildman–Crippen MR) is 94.5 cm³/mol. The summed E-state index contributed by atoms with van der Waals surface area (Å²) in [5, 5.41) is 5.41. The Hall–Kier alpha value is -1.64. The van der Waals surface area contributed by atoms with Gasteiger partial charge in [-0.1, -0.05) is 11.6 Å². The van der Waals surface area contributed by atoms with E-state index in [1.54, 1.807) is 24.6 Å². The van der Waals surface area contributed by atoms with Crippen molar-refractivity contribution in [2.24, 2.45) is 5.92 Å². The van der Waals surface area contributed by atoms with Crippen LogP contribution in [0.5, 0.6) is 5.75 Å². The van der Waals surface area contributed by atoms with Crippen molar-refractivity contribution in [1.29, 1.82) is 0 Å². The van der Waals surface area contributed by atoms with Crippen LogP contribution in [0.1, 0.15) is 6.42 Å². The van der Waals surface area contributed by atoms with Crippen molar-refractivity contribution in [3.63, 3.8) is 0 Å². The zero-order chi connectivity index (χ0) is 17.3. The first-order chi connectivity index (χ1) is 11.4. The molecular weight excluding hydrogens is 372 g/mol. The number of carbonyl (C=O) groups is 1. The SMILES string of the molecule is COc1ccc(-c2csc(NC(=O)C3CCS(=O)(=O)C3)n2)cc1Cl. The number of methoxy groups -OCH3 is 1. The summed E-state index contributed by atoms with van der Waals surface area (Å²) in [6.07, 6.45) is 0.362. The average molecular weight is 387 g/mol. The van der Waals surface area contributed by atoms with Crippen LogP contribution >= 0.6 is 22.9 Å². The van der Waals surface area contributed by atoms with E-state index in [0.717, 1.165) is 5.56 Å². The minimum atomic E-state index is -3.09. The van der Waals surface area contributed by atoms with Gasteiger partial charge in [0.2, 0.25) is 5.91 Å². The van der Waals surface area contributed by atoms with Gasteiger partial charge < -0.3 is 10.1 Å². The van der Waals surface area contributed by atoms with E-state index < -0.39 is 15.8 Å². The van der Waals surface area contributed by atoms with Crippen LogP contribution in [-0.4, -0.2) is 37.9 Å². The molecule has 1 atom stereocenters. The largest absolute Gasteiger partial charge is 0.495 e. The minimum Gasteiger partial charge on any atom is -0.495 e. The van der Waals surface area contributed by atoms with Gasteiger partial charge in [0.05, 0.1) is 35.2 Å². The minimum absolute atomic E-state index is 0.0680. The number of hydrogen-bond acceptors (Lipinski definition) is 6. The highest BCUT2D eigenvalue weighted by Crippen LogP contribution is 2.32. The number of carbonyl (C=O) groups excluding carboxylic acids is 1. The molecule has 1 fully saturated rings. The second-order valence-corrected chi connectivity index (χ2v) is 8.97. The number of aromatic nitrogens is 1. The number of nitrogens with zero attached hydrogens (tertiary/aromatic N) is 1. The summed E-state index contributed by atoms with van der Waals surface area (Å²) in [5.41, 5.74) is 1.49. The fraction of sp³-hybridized carbons (Fsp3) is 0.333. The molecule has 9 heteroatoms. The van der Waals surface area contributed by atoms with E-state index in [-0.39, 0.29) is 17.4 Å². The van der Waals surface area contributed by atoms with Gasteiger partial charge in [-0.3, -0.25) is 4.79 Å². The van der Waals surface area contributed by atoms with Crippen molar-refractivity contribution in [2.45, 2.75) is 6.42 Å². The van der Waals surface area contributed by atoms with Crippen LogP contribution in [0.25, 0.3) is 11.3 Å². The molecule has 1 aliphatic rings. The van der Waals surface area contributed by atoms with Gasteiger partial charge in [-0.25, -0.2) is 13.4 Å². The molecule has 1 aromatic carbocycles. The number of benzene rings is 1. The normalized spacial score (nSPS) is 19.2. The predicted octanol–water partition coefficient (Wildman–Crippen LogP) is 2.85. The van der Waals surface area contributed by atoms with Crippen LogP contribution in [-0.2, 0) is 14.6 Å². The smallest absolute Gasteiger partial charge is 0.230 e. The molecule has 2 heterocycles. The lowest BCUT2D eigenvalue weighted by Crippen LogP contribution is -2.23. The average Bonchev–Trinajstić information content (AvgIpc) is 3.13. The lowest BCUT2D eigenvalue weighted by atomic mass is 10.1. The number of rotatable bonds is 4. The summed E-state index contributed by atoms with van der Waals surface area (Å²) in [7, 11) is -1.54. The van der Waals surface area contributed by atoms with Crippen molar-refractivity contribution in [3.05, 3.63) is 28.6 Å². The molecule has 1 N–H and O–H groups in total. The molecule has 6 nitrogen and oxygen atoms in total. The lowest BCUT2D eigenvalue weighted by molar-refractivity contribution is -0.119. The molecule has 24 heavy (non-hydrogen) atoms.